The third-order valence-corrected chi connectivity index (χ3v) is 5.45. The Bertz CT molecular complexity index is 1350. The van der Waals surface area contributed by atoms with Crippen molar-refractivity contribution in [1.29, 1.82) is 0 Å². The summed E-state index contributed by atoms with van der Waals surface area (Å²) in [5.41, 5.74) is 5.34. The van der Waals surface area contributed by atoms with Gasteiger partial charge in [0.05, 0.1) is 6.54 Å². The van der Waals surface area contributed by atoms with Gasteiger partial charge in [-0.15, -0.1) is 5.10 Å². The SMILES string of the molecule is CC=CCn1nc(-c2ccccc2)nc1Cc1ccc(-c2ccccc2-c2nnn[nH]2)cc1. The second-order valence-corrected chi connectivity index (χ2v) is 7.64. The molecule has 0 atom stereocenters. The Kier molecular flexibility index (Phi) is 5.84. The molecule has 0 aliphatic heterocycles. The second kappa shape index (κ2) is 9.40. The van der Waals surface area contributed by atoms with Crippen LogP contribution in [0, 0.1) is 0 Å². The molecular weight excluding hydrogens is 410 g/mol. The van der Waals surface area contributed by atoms with Crippen molar-refractivity contribution < 1.29 is 0 Å². The lowest BCUT2D eigenvalue weighted by molar-refractivity contribution is 0.661. The summed E-state index contributed by atoms with van der Waals surface area (Å²) >= 11 is 0. The van der Waals surface area contributed by atoms with Gasteiger partial charge in [-0.05, 0) is 34.0 Å². The van der Waals surface area contributed by atoms with Gasteiger partial charge in [-0.3, -0.25) is 0 Å². The fraction of sp³-hybridized carbons (Fsp3) is 0.115. The molecule has 0 unspecified atom stereocenters. The van der Waals surface area contributed by atoms with Crippen LogP contribution in [0.5, 0.6) is 0 Å². The zero-order valence-electron chi connectivity index (χ0n) is 18.3. The van der Waals surface area contributed by atoms with Crippen molar-refractivity contribution in [2.24, 2.45) is 0 Å². The van der Waals surface area contributed by atoms with Crippen molar-refractivity contribution in [3.63, 3.8) is 0 Å². The number of aromatic amines is 1. The molecule has 0 spiro atoms. The standard InChI is InChI=1S/C26H23N7/c1-2-3-17-33-24(27-25(30-33)21-9-5-4-6-10-21)18-19-13-15-20(16-14-19)22-11-7-8-12-23(22)26-28-31-32-29-26/h2-16H,17-18H2,1H3,(H,28,29,31,32). The lowest BCUT2D eigenvalue weighted by atomic mass is 9.98. The van der Waals surface area contributed by atoms with Crippen molar-refractivity contribution in [3.05, 3.63) is 102 Å². The number of aromatic nitrogens is 7. The minimum absolute atomic E-state index is 0.653. The van der Waals surface area contributed by atoms with Crippen LogP contribution in [0.25, 0.3) is 33.9 Å². The van der Waals surface area contributed by atoms with Crippen molar-refractivity contribution in [2.75, 3.05) is 0 Å². The molecule has 7 nitrogen and oxygen atoms in total. The fourth-order valence-electron chi connectivity index (χ4n) is 3.77. The highest BCUT2D eigenvalue weighted by atomic mass is 15.5. The molecule has 0 radical (unpaired) electrons. The molecule has 162 valence electrons. The molecule has 0 saturated carbocycles. The van der Waals surface area contributed by atoms with Crippen LogP contribution in [0.1, 0.15) is 18.3 Å². The average Bonchev–Trinajstić information content (AvgIpc) is 3.54. The third kappa shape index (κ3) is 4.48. The van der Waals surface area contributed by atoms with Gasteiger partial charge in [-0.1, -0.05) is 91.0 Å². The van der Waals surface area contributed by atoms with E-state index in [9.17, 15) is 0 Å². The average molecular weight is 434 g/mol. The van der Waals surface area contributed by atoms with Crippen LogP contribution >= 0.6 is 0 Å². The summed E-state index contributed by atoms with van der Waals surface area (Å²) < 4.78 is 1.97. The van der Waals surface area contributed by atoms with Gasteiger partial charge in [0.2, 0.25) is 0 Å². The molecule has 7 heteroatoms. The topological polar surface area (TPSA) is 85.2 Å². The second-order valence-electron chi connectivity index (χ2n) is 7.64. The van der Waals surface area contributed by atoms with Crippen LogP contribution in [-0.2, 0) is 13.0 Å². The van der Waals surface area contributed by atoms with E-state index < -0.39 is 0 Å². The Balaban J connectivity index is 1.43. The molecule has 0 amide bonds. The Morgan fingerprint density at radius 2 is 1.61 bits per heavy atom. The maximum atomic E-state index is 4.85. The number of benzene rings is 3. The molecule has 0 aliphatic rings. The number of nitrogens with one attached hydrogen (secondary N) is 1. The van der Waals surface area contributed by atoms with E-state index in [4.69, 9.17) is 10.1 Å². The van der Waals surface area contributed by atoms with E-state index in [0.717, 1.165) is 33.9 Å². The predicted octanol–water partition coefficient (Wildman–Crippen LogP) is 4.96. The first-order chi connectivity index (χ1) is 16.3. The number of H-pyrrole nitrogens is 1. The summed E-state index contributed by atoms with van der Waals surface area (Å²) in [4.78, 5) is 4.85. The van der Waals surface area contributed by atoms with Gasteiger partial charge in [0, 0.05) is 17.5 Å². The lowest BCUT2D eigenvalue weighted by Gasteiger charge is -2.08. The molecule has 0 aliphatic carbocycles. The Hall–Kier alpha value is -4.39. The van der Waals surface area contributed by atoms with Crippen LogP contribution in [0.15, 0.2) is 91.0 Å². The highest BCUT2D eigenvalue weighted by molar-refractivity contribution is 5.80. The molecule has 0 fully saturated rings. The van der Waals surface area contributed by atoms with E-state index in [1.165, 1.54) is 5.56 Å². The Morgan fingerprint density at radius 1 is 0.848 bits per heavy atom. The largest absolute Gasteiger partial charge is 0.245 e. The minimum atomic E-state index is 0.653. The highest BCUT2D eigenvalue weighted by Crippen LogP contribution is 2.30. The number of tetrazole rings is 1. The Labute approximate surface area is 191 Å². The van der Waals surface area contributed by atoms with E-state index in [-0.39, 0.29) is 0 Å². The van der Waals surface area contributed by atoms with Crippen molar-refractivity contribution in [1.82, 2.24) is 35.4 Å². The normalized spacial score (nSPS) is 11.3. The molecule has 5 aromatic rings. The van der Waals surface area contributed by atoms with Crippen LogP contribution in [-0.4, -0.2) is 35.4 Å². The van der Waals surface area contributed by atoms with Crippen molar-refractivity contribution in [2.45, 2.75) is 19.9 Å². The molecule has 5 rings (SSSR count). The first-order valence-corrected chi connectivity index (χ1v) is 10.8. The van der Waals surface area contributed by atoms with E-state index in [1.807, 2.05) is 66.2 Å². The fourth-order valence-corrected chi connectivity index (χ4v) is 3.77. The first kappa shape index (κ1) is 20.5. The molecule has 3 aromatic carbocycles. The third-order valence-electron chi connectivity index (χ3n) is 5.45. The van der Waals surface area contributed by atoms with Crippen LogP contribution in [0.3, 0.4) is 0 Å². The van der Waals surface area contributed by atoms with E-state index >= 15 is 0 Å². The van der Waals surface area contributed by atoms with Gasteiger partial charge in [0.25, 0.3) is 0 Å². The maximum absolute atomic E-state index is 4.85. The van der Waals surface area contributed by atoms with Gasteiger partial charge in [-0.2, -0.15) is 5.10 Å². The van der Waals surface area contributed by atoms with Gasteiger partial charge < -0.3 is 0 Å². The zero-order chi connectivity index (χ0) is 22.5. The molecule has 2 aromatic heterocycles. The van der Waals surface area contributed by atoms with Gasteiger partial charge >= 0.3 is 0 Å². The predicted molar refractivity (Wildman–Crippen MR) is 128 cm³/mol. The monoisotopic (exact) mass is 433 g/mol. The number of allylic oxidation sites excluding steroid dienone is 2. The van der Waals surface area contributed by atoms with Gasteiger partial charge in [-0.25, -0.2) is 14.8 Å². The van der Waals surface area contributed by atoms with Crippen molar-refractivity contribution >= 4 is 0 Å². The summed E-state index contributed by atoms with van der Waals surface area (Å²) in [5.74, 6) is 2.34. The number of rotatable bonds is 7. The molecule has 0 bridgehead atoms. The van der Waals surface area contributed by atoms with Gasteiger partial charge in [0.1, 0.15) is 5.82 Å². The van der Waals surface area contributed by atoms with E-state index in [0.29, 0.717) is 18.8 Å². The summed E-state index contributed by atoms with van der Waals surface area (Å²) in [6.45, 7) is 2.71. The summed E-state index contributed by atoms with van der Waals surface area (Å²) in [6, 6.07) is 26.7. The molecule has 0 saturated heterocycles. The summed E-state index contributed by atoms with van der Waals surface area (Å²) in [6.07, 6.45) is 4.82. The summed E-state index contributed by atoms with van der Waals surface area (Å²) in [5, 5.41) is 19.1. The number of hydrogen-bond acceptors (Lipinski definition) is 5. The zero-order valence-corrected chi connectivity index (χ0v) is 18.3. The lowest BCUT2D eigenvalue weighted by Crippen LogP contribution is -2.05. The smallest absolute Gasteiger partial charge is 0.181 e. The van der Waals surface area contributed by atoms with E-state index in [2.05, 4.69) is 57.0 Å². The highest BCUT2D eigenvalue weighted by Gasteiger charge is 2.13. The van der Waals surface area contributed by atoms with Crippen molar-refractivity contribution in [3.8, 4) is 33.9 Å². The molecule has 1 N–H and O–H groups in total. The quantitative estimate of drug-likeness (QED) is 0.367. The van der Waals surface area contributed by atoms with Crippen LogP contribution < -0.4 is 0 Å². The molecule has 33 heavy (non-hydrogen) atoms. The van der Waals surface area contributed by atoms with Crippen LogP contribution in [0.2, 0.25) is 0 Å². The van der Waals surface area contributed by atoms with Crippen LogP contribution in [0.4, 0.5) is 0 Å². The maximum Gasteiger partial charge on any atom is 0.181 e. The number of hydrogen-bond donors (Lipinski definition) is 1. The first-order valence-electron chi connectivity index (χ1n) is 10.8. The van der Waals surface area contributed by atoms with E-state index in [1.54, 1.807) is 0 Å². The summed E-state index contributed by atoms with van der Waals surface area (Å²) in [7, 11) is 0. The molecular formula is C26H23N7. The molecule has 2 heterocycles. The van der Waals surface area contributed by atoms with Gasteiger partial charge in [0.15, 0.2) is 11.6 Å². The minimum Gasteiger partial charge on any atom is -0.245 e. The number of nitrogens with zero attached hydrogens (tertiary/aromatic N) is 6. The Morgan fingerprint density at radius 3 is 2.33 bits per heavy atom.